The van der Waals surface area contributed by atoms with Crippen molar-refractivity contribution in [3.05, 3.63) is 22.7 Å². The zero-order chi connectivity index (χ0) is 18.6. The molecule has 2 rings (SSSR count). The minimum atomic E-state index is -0.800. The Balaban J connectivity index is 1.99. The number of halogens is 1. The van der Waals surface area contributed by atoms with Crippen LogP contribution in [0.5, 0.6) is 5.75 Å². The van der Waals surface area contributed by atoms with Gasteiger partial charge in [-0.3, -0.25) is 14.5 Å². The van der Waals surface area contributed by atoms with Gasteiger partial charge in [-0.2, -0.15) is 0 Å². The third-order valence-electron chi connectivity index (χ3n) is 4.54. The molecule has 1 unspecified atom stereocenters. The van der Waals surface area contributed by atoms with Gasteiger partial charge in [0, 0.05) is 25.2 Å². The summed E-state index contributed by atoms with van der Waals surface area (Å²) in [6, 6.07) is 2.54. The Labute approximate surface area is 152 Å². The number of amides is 1. The molecule has 8 heteroatoms. The van der Waals surface area contributed by atoms with Crippen LogP contribution in [-0.2, 0) is 4.79 Å². The summed E-state index contributed by atoms with van der Waals surface area (Å²) in [5.41, 5.74) is 6.42. The average Bonchev–Trinajstić information content (AvgIpc) is 2.58. The molecule has 1 aromatic rings. The van der Waals surface area contributed by atoms with E-state index >= 15 is 0 Å². The molecule has 1 heterocycles. The molecule has 1 fully saturated rings. The number of rotatable bonds is 6. The third-order valence-corrected chi connectivity index (χ3v) is 4.87. The normalized spacial score (nSPS) is 17.1. The van der Waals surface area contributed by atoms with Crippen molar-refractivity contribution in [2.24, 2.45) is 0 Å². The highest BCUT2D eigenvalue weighted by atomic mass is 35.5. The number of carbonyl (C=O) groups excluding carboxylic acids is 1. The Hall–Kier alpha value is -1.99. The molecule has 0 radical (unpaired) electrons. The molecule has 0 bridgehead atoms. The van der Waals surface area contributed by atoms with Crippen molar-refractivity contribution in [3.8, 4) is 5.75 Å². The number of carboxylic acids is 1. The number of hydrogen-bond donors (Lipinski definition) is 3. The first-order chi connectivity index (χ1) is 11.9. The minimum Gasteiger partial charge on any atom is -0.496 e. The molecular weight excluding hydrogens is 346 g/mol. The molecule has 1 saturated heterocycles. The van der Waals surface area contributed by atoms with Crippen LogP contribution in [0, 0.1) is 0 Å². The van der Waals surface area contributed by atoms with E-state index in [1.807, 2.05) is 11.8 Å². The maximum atomic E-state index is 12.5. The quantitative estimate of drug-likeness (QED) is 0.662. The summed E-state index contributed by atoms with van der Waals surface area (Å²) < 4.78 is 5.21. The lowest BCUT2D eigenvalue weighted by atomic mass is 10.0. The predicted octanol–water partition coefficient (Wildman–Crippen LogP) is 1.99. The number of hydrogen-bond acceptors (Lipinski definition) is 5. The number of aliphatic carboxylic acids is 1. The van der Waals surface area contributed by atoms with Crippen LogP contribution in [0.25, 0.3) is 0 Å². The fourth-order valence-corrected chi connectivity index (χ4v) is 3.29. The van der Waals surface area contributed by atoms with E-state index in [0.717, 1.165) is 0 Å². The van der Waals surface area contributed by atoms with E-state index in [4.69, 9.17) is 22.1 Å². The molecule has 7 nitrogen and oxygen atoms in total. The first-order valence-electron chi connectivity index (χ1n) is 8.28. The number of carbonyl (C=O) groups is 2. The molecule has 1 aliphatic heterocycles. The van der Waals surface area contributed by atoms with Crippen molar-refractivity contribution in [1.29, 1.82) is 0 Å². The molecule has 0 spiro atoms. The van der Waals surface area contributed by atoms with Crippen LogP contribution < -0.4 is 15.8 Å². The molecule has 1 amide bonds. The Morgan fingerprint density at radius 2 is 2.08 bits per heavy atom. The molecule has 1 atom stereocenters. The second kappa shape index (κ2) is 8.40. The summed E-state index contributed by atoms with van der Waals surface area (Å²) in [4.78, 5) is 25.7. The van der Waals surface area contributed by atoms with Crippen molar-refractivity contribution in [2.75, 3.05) is 25.9 Å². The van der Waals surface area contributed by atoms with Gasteiger partial charge in [0.1, 0.15) is 11.8 Å². The molecule has 1 aromatic carbocycles. The fraction of sp³-hybridized carbons (Fsp3) is 0.529. The van der Waals surface area contributed by atoms with E-state index < -0.39 is 12.0 Å². The third kappa shape index (κ3) is 4.55. The van der Waals surface area contributed by atoms with E-state index in [0.29, 0.717) is 54.4 Å². The maximum absolute atomic E-state index is 12.5. The van der Waals surface area contributed by atoms with E-state index in [1.165, 1.54) is 19.2 Å². The minimum absolute atomic E-state index is 0.0175. The maximum Gasteiger partial charge on any atom is 0.320 e. The highest BCUT2D eigenvalue weighted by Gasteiger charge is 2.29. The van der Waals surface area contributed by atoms with Crippen molar-refractivity contribution < 1.29 is 19.4 Å². The highest BCUT2D eigenvalue weighted by Crippen LogP contribution is 2.29. The molecule has 0 aromatic heterocycles. The fourth-order valence-electron chi connectivity index (χ4n) is 3.12. The van der Waals surface area contributed by atoms with Crippen molar-refractivity contribution >= 4 is 29.2 Å². The zero-order valence-electron chi connectivity index (χ0n) is 14.4. The Morgan fingerprint density at radius 3 is 2.60 bits per heavy atom. The Morgan fingerprint density at radius 1 is 1.44 bits per heavy atom. The molecule has 1 aliphatic rings. The molecule has 25 heavy (non-hydrogen) atoms. The molecule has 4 N–H and O–H groups in total. The van der Waals surface area contributed by atoms with Gasteiger partial charge >= 0.3 is 5.97 Å². The largest absolute Gasteiger partial charge is 0.496 e. The summed E-state index contributed by atoms with van der Waals surface area (Å²) in [5, 5.41) is 12.5. The molecule has 138 valence electrons. The smallest absolute Gasteiger partial charge is 0.320 e. The Kier molecular flexibility index (Phi) is 6.50. The SMILES string of the molecule is CCC(C(=O)O)N1CCC(NC(=O)c2cc(Cl)c(N)cc2OC)CC1. The number of carboxylic acid groups (broad SMARTS) is 1. The molecular formula is C17H24ClN3O4. The number of anilines is 1. The van der Waals surface area contributed by atoms with Gasteiger partial charge in [0.05, 0.1) is 23.4 Å². The lowest BCUT2D eigenvalue weighted by Gasteiger charge is -2.35. The number of methoxy groups -OCH3 is 1. The summed E-state index contributed by atoms with van der Waals surface area (Å²) in [6.07, 6.45) is 1.95. The van der Waals surface area contributed by atoms with Gasteiger partial charge < -0.3 is 20.9 Å². The second-order valence-electron chi connectivity index (χ2n) is 6.12. The predicted molar refractivity (Wildman–Crippen MR) is 96.2 cm³/mol. The van der Waals surface area contributed by atoms with Gasteiger partial charge in [-0.25, -0.2) is 0 Å². The van der Waals surface area contributed by atoms with Crippen molar-refractivity contribution in [1.82, 2.24) is 10.2 Å². The number of likely N-dealkylation sites (tertiary alicyclic amines) is 1. The first kappa shape index (κ1) is 19.3. The zero-order valence-corrected chi connectivity index (χ0v) is 15.2. The number of piperidine rings is 1. The van der Waals surface area contributed by atoms with E-state index in [2.05, 4.69) is 5.32 Å². The summed E-state index contributed by atoms with van der Waals surface area (Å²) in [6.45, 7) is 3.13. The number of nitrogens with one attached hydrogen (secondary N) is 1. The van der Waals surface area contributed by atoms with Gasteiger partial charge in [-0.1, -0.05) is 18.5 Å². The topological polar surface area (TPSA) is 105 Å². The standard InChI is InChI=1S/C17H24ClN3O4/c1-3-14(17(23)24)21-6-4-10(5-7-21)20-16(22)11-8-12(18)13(19)9-15(11)25-2/h8-10,14H,3-7,19H2,1-2H3,(H,20,22)(H,23,24). The van der Waals surface area contributed by atoms with Crippen LogP contribution in [0.2, 0.25) is 5.02 Å². The number of nitrogens with two attached hydrogens (primary N) is 1. The van der Waals surface area contributed by atoms with Crippen LogP contribution in [0.1, 0.15) is 36.5 Å². The van der Waals surface area contributed by atoms with Gasteiger partial charge in [0.15, 0.2) is 0 Å². The van der Waals surface area contributed by atoms with E-state index in [1.54, 1.807) is 0 Å². The van der Waals surface area contributed by atoms with E-state index in [-0.39, 0.29) is 11.9 Å². The number of nitrogen functional groups attached to an aromatic ring is 1. The lowest BCUT2D eigenvalue weighted by Crippen LogP contribution is -2.50. The van der Waals surface area contributed by atoms with Gasteiger partial charge in [0.25, 0.3) is 5.91 Å². The highest BCUT2D eigenvalue weighted by molar-refractivity contribution is 6.33. The average molecular weight is 370 g/mol. The number of benzene rings is 1. The van der Waals surface area contributed by atoms with Gasteiger partial charge in [-0.15, -0.1) is 0 Å². The van der Waals surface area contributed by atoms with Gasteiger partial charge in [-0.05, 0) is 25.3 Å². The van der Waals surface area contributed by atoms with Crippen LogP contribution in [0.3, 0.4) is 0 Å². The van der Waals surface area contributed by atoms with Crippen LogP contribution >= 0.6 is 11.6 Å². The van der Waals surface area contributed by atoms with Crippen LogP contribution in [0.4, 0.5) is 5.69 Å². The molecule has 0 saturated carbocycles. The van der Waals surface area contributed by atoms with Crippen molar-refractivity contribution in [2.45, 2.75) is 38.3 Å². The summed E-state index contributed by atoms with van der Waals surface area (Å²) in [7, 11) is 1.47. The first-order valence-corrected chi connectivity index (χ1v) is 8.65. The lowest BCUT2D eigenvalue weighted by molar-refractivity contribution is -0.143. The molecule has 0 aliphatic carbocycles. The summed E-state index contributed by atoms with van der Waals surface area (Å²) in [5.74, 6) is -0.706. The van der Waals surface area contributed by atoms with Crippen LogP contribution in [-0.4, -0.2) is 54.2 Å². The van der Waals surface area contributed by atoms with E-state index in [9.17, 15) is 14.7 Å². The summed E-state index contributed by atoms with van der Waals surface area (Å²) >= 11 is 6.01. The number of ether oxygens (including phenoxy) is 1. The van der Waals surface area contributed by atoms with Gasteiger partial charge in [0.2, 0.25) is 0 Å². The number of nitrogens with zero attached hydrogens (tertiary/aromatic N) is 1. The van der Waals surface area contributed by atoms with Crippen molar-refractivity contribution in [3.63, 3.8) is 0 Å². The van der Waals surface area contributed by atoms with Crippen LogP contribution in [0.15, 0.2) is 12.1 Å². The Bertz CT molecular complexity index is 645. The second-order valence-corrected chi connectivity index (χ2v) is 6.53. The monoisotopic (exact) mass is 369 g/mol.